The van der Waals surface area contributed by atoms with E-state index in [0.717, 1.165) is 69.6 Å². The topological polar surface area (TPSA) is 85.6 Å². The van der Waals surface area contributed by atoms with E-state index < -0.39 is 0 Å². The van der Waals surface area contributed by atoms with Gasteiger partial charge in [-0.15, -0.1) is 0 Å². The third-order valence-corrected chi connectivity index (χ3v) is 3.95. The zero-order valence-electron chi connectivity index (χ0n) is 15.0. The van der Waals surface area contributed by atoms with Crippen LogP contribution in [0.25, 0.3) is 0 Å². The Morgan fingerprint density at radius 1 is 1.42 bits per heavy atom. The van der Waals surface area contributed by atoms with Crippen LogP contribution in [0.5, 0.6) is 0 Å². The van der Waals surface area contributed by atoms with E-state index in [0.29, 0.717) is 12.6 Å². The predicted octanol–water partition coefficient (Wildman–Crippen LogP) is 0.721. The van der Waals surface area contributed by atoms with E-state index >= 15 is 0 Å². The van der Waals surface area contributed by atoms with Crippen molar-refractivity contribution in [3.63, 3.8) is 0 Å². The van der Waals surface area contributed by atoms with E-state index in [-0.39, 0.29) is 0 Å². The van der Waals surface area contributed by atoms with Crippen LogP contribution >= 0.6 is 0 Å². The molecule has 1 aromatic heterocycles. The van der Waals surface area contributed by atoms with Gasteiger partial charge in [0.1, 0.15) is 12.4 Å². The number of hydrogen-bond acceptors (Lipinski definition) is 5. The van der Waals surface area contributed by atoms with Crippen molar-refractivity contribution in [1.29, 1.82) is 0 Å². The van der Waals surface area contributed by atoms with E-state index in [4.69, 9.17) is 9.47 Å². The summed E-state index contributed by atoms with van der Waals surface area (Å²) in [5.41, 5.74) is 0. The van der Waals surface area contributed by atoms with Crippen molar-refractivity contribution in [2.24, 2.45) is 4.99 Å². The molecule has 24 heavy (non-hydrogen) atoms. The summed E-state index contributed by atoms with van der Waals surface area (Å²) in [6.45, 7) is 5.79. The second kappa shape index (κ2) is 10.2. The lowest BCUT2D eigenvalue weighted by molar-refractivity contribution is 0.143. The summed E-state index contributed by atoms with van der Waals surface area (Å²) in [5.74, 6) is 2.64. The van der Waals surface area contributed by atoms with Crippen LogP contribution in [0, 0.1) is 0 Å². The van der Waals surface area contributed by atoms with Crippen LogP contribution in [-0.2, 0) is 29.0 Å². The minimum absolute atomic E-state index is 0.309. The van der Waals surface area contributed by atoms with Crippen LogP contribution in [0.3, 0.4) is 0 Å². The summed E-state index contributed by atoms with van der Waals surface area (Å²) in [5, 5.41) is 11.3. The molecule has 1 aliphatic heterocycles. The minimum atomic E-state index is 0.309. The molecule has 1 unspecified atom stereocenters. The van der Waals surface area contributed by atoms with Gasteiger partial charge in [-0.3, -0.25) is 4.99 Å². The zero-order valence-corrected chi connectivity index (χ0v) is 15.0. The first-order valence-corrected chi connectivity index (χ1v) is 8.73. The van der Waals surface area contributed by atoms with Crippen molar-refractivity contribution in [1.82, 2.24) is 25.4 Å². The number of aryl methyl sites for hydroxylation is 1. The van der Waals surface area contributed by atoms with Gasteiger partial charge in [0.25, 0.3) is 0 Å². The van der Waals surface area contributed by atoms with Gasteiger partial charge in [-0.25, -0.2) is 9.67 Å². The third-order valence-electron chi connectivity index (χ3n) is 3.95. The number of guanidine groups is 1. The monoisotopic (exact) mass is 338 g/mol. The molecule has 1 aliphatic rings. The molecule has 136 valence electrons. The van der Waals surface area contributed by atoms with Crippen molar-refractivity contribution >= 4 is 5.96 Å². The average Bonchev–Trinajstić information content (AvgIpc) is 2.98. The highest BCUT2D eigenvalue weighted by Gasteiger charge is 2.22. The van der Waals surface area contributed by atoms with E-state index in [9.17, 15) is 0 Å². The first-order valence-electron chi connectivity index (χ1n) is 8.73. The van der Waals surface area contributed by atoms with Gasteiger partial charge < -0.3 is 20.1 Å². The highest BCUT2D eigenvalue weighted by atomic mass is 16.5. The van der Waals surface area contributed by atoms with Crippen LogP contribution in [0.1, 0.15) is 37.8 Å². The number of aromatic nitrogens is 3. The number of nitrogens with zero attached hydrogens (tertiary/aromatic N) is 4. The highest BCUT2D eigenvalue weighted by molar-refractivity contribution is 5.79. The van der Waals surface area contributed by atoms with Gasteiger partial charge in [0.15, 0.2) is 11.8 Å². The number of rotatable bonds is 9. The molecule has 0 aliphatic carbocycles. The number of fused-ring (bicyclic) bond motifs is 1. The fraction of sp³-hybridized carbons (Fsp3) is 0.812. The molecule has 2 N–H and O–H groups in total. The van der Waals surface area contributed by atoms with Crippen LogP contribution in [-0.4, -0.2) is 60.7 Å². The summed E-state index contributed by atoms with van der Waals surface area (Å²) in [6, 6.07) is 0.309. The normalized spacial score (nSPS) is 17.6. The number of hydrogen-bond donors (Lipinski definition) is 2. The maximum atomic E-state index is 5.34. The molecule has 8 nitrogen and oxygen atoms in total. The van der Waals surface area contributed by atoms with Crippen LogP contribution in [0.15, 0.2) is 4.99 Å². The molecular formula is C16H30N6O2. The van der Waals surface area contributed by atoms with Crippen molar-refractivity contribution in [2.75, 3.05) is 33.9 Å². The summed E-state index contributed by atoms with van der Waals surface area (Å²) in [4.78, 5) is 8.81. The molecule has 0 spiro atoms. The Morgan fingerprint density at radius 2 is 2.29 bits per heavy atom. The predicted molar refractivity (Wildman–Crippen MR) is 93.1 cm³/mol. The van der Waals surface area contributed by atoms with E-state index in [1.54, 1.807) is 14.2 Å². The molecule has 1 atom stereocenters. The van der Waals surface area contributed by atoms with Crippen LogP contribution in [0.4, 0.5) is 0 Å². The molecule has 2 rings (SSSR count). The lowest BCUT2D eigenvalue weighted by Crippen LogP contribution is -2.47. The number of unbranched alkanes of at least 4 members (excludes halogenated alkanes) is 1. The van der Waals surface area contributed by atoms with Gasteiger partial charge in [-0.2, -0.15) is 5.10 Å². The number of ether oxygens (including phenoxy) is 2. The van der Waals surface area contributed by atoms with Crippen molar-refractivity contribution in [3.05, 3.63) is 11.6 Å². The maximum absolute atomic E-state index is 5.34. The largest absolute Gasteiger partial charge is 0.382 e. The molecule has 0 fully saturated rings. The minimum Gasteiger partial charge on any atom is -0.382 e. The maximum Gasteiger partial charge on any atom is 0.191 e. The fourth-order valence-corrected chi connectivity index (χ4v) is 2.74. The summed E-state index contributed by atoms with van der Waals surface area (Å²) in [7, 11) is 3.46. The molecule has 8 heteroatoms. The van der Waals surface area contributed by atoms with Gasteiger partial charge in [0.05, 0.1) is 6.54 Å². The second-order valence-corrected chi connectivity index (χ2v) is 5.84. The van der Waals surface area contributed by atoms with Gasteiger partial charge >= 0.3 is 0 Å². The first-order chi connectivity index (χ1) is 11.8. The van der Waals surface area contributed by atoms with E-state index in [1.165, 1.54) is 0 Å². The molecule has 0 saturated carbocycles. The standard InChI is InChI=1S/C16H30N6O2/c1-4-24-10-6-5-9-18-16(17-2)19-13-7-8-15-20-14(12-23-3)21-22(15)11-13/h13H,4-12H2,1-3H3,(H2,17,18,19). The van der Waals surface area contributed by atoms with Gasteiger partial charge in [0, 0.05) is 46.4 Å². The molecule has 1 aromatic rings. The molecule has 0 aromatic carbocycles. The van der Waals surface area contributed by atoms with Crippen molar-refractivity contribution < 1.29 is 9.47 Å². The summed E-state index contributed by atoms with van der Waals surface area (Å²) < 4.78 is 12.4. The van der Waals surface area contributed by atoms with Gasteiger partial charge in [-0.05, 0) is 26.2 Å². The molecule has 0 saturated heterocycles. The van der Waals surface area contributed by atoms with Crippen molar-refractivity contribution in [2.45, 2.75) is 51.8 Å². The Morgan fingerprint density at radius 3 is 3.04 bits per heavy atom. The Bertz CT molecular complexity index is 517. The Kier molecular flexibility index (Phi) is 7.97. The smallest absolute Gasteiger partial charge is 0.191 e. The summed E-state index contributed by atoms with van der Waals surface area (Å²) in [6.07, 6.45) is 4.07. The molecule has 0 bridgehead atoms. The number of aliphatic imine (C=N–C) groups is 1. The SMILES string of the molecule is CCOCCCCNC(=NC)NC1CCc2nc(COC)nn2C1. The summed E-state index contributed by atoms with van der Waals surface area (Å²) >= 11 is 0. The van der Waals surface area contributed by atoms with Crippen LogP contribution < -0.4 is 10.6 Å². The van der Waals surface area contributed by atoms with E-state index in [2.05, 4.69) is 25.7 Å². The average molecular weight is 338 g/mol. The third kappa shape index (κ3) is 5.76. The first kappa shape index (κ1) is 18.7. The Hall–Kier alpha value is -1.67. The lowest BCUT2D eigenvalue weighted by atomic mass is 10.1. The van der Waals surface area contributed by atoms with Gasteiger partial charge in [0.2, 0.25) is 0 Å². The van der Waals surface area contributed by atoms with E-state index in [1.807, 2.05) is 11.6 Å². The van der Waals surface area contributed by atoms with Crippen LogP contribution in [0.2, 0.25) is 0 Å². The van der Waals surface area contributed by atoms with Gasteiger partial charge in [-0.1, -0.05) is 0 Å². The quantitative estimate of drug-likeness (QED) is 0.392. The number of nitrogens with one attached hydrogen (secondary N) is 2. The highest BCUT2D eigenvalue weighted by Crippen LogP contribution is 2.13. The number of methoxy groups -OCH3 is 1. The Labute approximate surface area is 144 Å². The second-order valence-electron chi connectivity index (χ2n) is 5.84. The zero-order chi connectivity index (χ0) is 17.2. The molecule has 2 heterocycles. The molecular weight excluding hydrogens is 308 g/mol. The fourth-order valence-electron chi connectivity index (χ4n) is 2.74. The molecule has 0 amide bonds. The molecule has 0 radical (unpaired) electrons. The van der Waals surface area contributed by atoms with Crippen molar-refractivity contribution in [3.8, 4) is 0 Å². The Balaban J connectivity index is 1.73. The lowest BCUT2D eigenvalue weighted by Gasteiger charge is -2.25.